The molecule has 4 nitrogen and oxygen atoms in total. The van der Waals surface area contributed by atoms with Crippen molar-refractivity contribution in [2.75, 3.05) is 5.32 Å². The Bertz CT molecular complexity index is 876. The second-order valence-corrected chi connectivity index (χ2v) is 5.90. The van der Waals surface area contributed by atoms with Crippen LogP contribution in [0.2, 0.25) is 0 Å². The zero-order chi connectivity index (χ0) is 21.8. The quantitative estimate of drug-likeness (QED) is 0.662. The molecule has 0 spiro atoms. The van der Waals surface area contributed by atoms with Gasteiger partial charge in [-0.05, 0) is 36.2 Å². The maximum atomic E-state index is 13.5. The van der Waals surface area contributed by atoms with Crippen LogP contribution in [0.5, 0.6) is 0 Å². The number of halogens is 7. The van der Waals surface area contributed by atoms with Crippen molar-refractivity contribution in [2.24, 2.45) is 0 Å². The molecule has 11 heteroatoms. The van der Waals surface area contributed by atoms with Crippen molar-refractivity contribution in [3.8, 4) is 0 Å². The Morgan fingerprint density at radius 3 is 1.93 bits per heavy atom. The number of amides is 3. The van der Waals surface area contributed by atoms with Gasteiger partial charge in [0.25, 0.3) is 5.91 Å². The maximum Gasteiger partial charge on any atom is 0.453 e. The first-order valence-corrected chi connectivity index (χ1v) is 8.00. The lowest BCUT2D eigenvalue weighted by Crippen LogP contribution is -2.36. The zero-order valence-corrected chi connectivity index (χ0v) is 14.4. The monoisotopic (exact) mass is 422 g/mol. The summed E-state index contributed by atoms with van der Waals surface area (Å²) in [5, 5.41) is 3.87. The minimum atomic E-state index is -5.64. The Kier molecular flexibility index (Phi) is 6.50. The number of carbonyl (C=O) groups excluding carboxylic acids is 2. The van der Waals surface area contributed by atoms with Crippen LogP contribution < -0.4 is 10.6 Å². The highest BCUT2D eigenvalue weighted by atomic mass is 19.4. The number of hydrogen-bond donors (Lipinski definition) is 2. The summed E-state index contributed by atoms with van der Waals surface area (Å²) in [6.07, 6.45) is -7.65. The Morgan fingerprint density at radius 2 is 1.41 bits per heavy atom. The topological polar surface area (TPSA) is 58.2 Å². The summed E-state index contributed by atoms with van der Waals surface area (Å²) in [5.41, 5.74) is -0.733. The van der Waals surface area contributed by atoms with Crippen LogP contribution >= 0.6 is 0 Å². The molecule has 2 rings (SSSR count). The van der Waals surface area contributed by atoms with Crippen LogP contribution in [-0.2, 0) is 6.42 Å². The molecule has 0 saturated carbocycles. The molecule has 0 heterocycles. The number of imide groups is 1. The second kappa shape index (κ2) is 8.50. The Labute approximate surface area is 159 Å². The van der Waals surface area contributed by atoms with E-state index in [1.807, 2.05) is 0 Å². The Morgan fingerprint density at radius 1 is 0.862 bits per heavy atom. The zero-order valence-electron chi connectivity index (χ0n) is 14.4. The number of rotatable bonds is 5. The van der Waals surface area contributed by atoms with E-state index in [0.717, 1.165) is 18.2 Å². The minimum absolute atomic E-state index is 0.0654. The maximum absolute atomic E-state index is 13.5. The third kappa shape index (κ3) is 5.69. The smallest absolute Gasteiger partial charge is 0.308 e. The van der Waals surface area contributed by atoms with E-state index in [-0.39, 0.29) is 11.3 Å². The van der Waals surface area contributed by atoms with Crippen molar-refractivity contribution < 1.29 is 40.3 Å². The van der Waals surface area contributed by atoms with Crippen molar-refractivity contribution >= 4 is 17.6 Å². The highest BCUT2D eigenvalue weighted by Crippen LogP contribution is 2.38. The van der Waals surface area contributed by atoms with E-state index in [2.05, 4.69) is 5.32 Å². The Balaban J connectivity index is 1.94. The van der Waals surface area contributed by atoms with Gasteiger partial charge in [0, 0.05) is 12.1 Å². The molecule has 3 amide bonds. The summed E-state index contributed by atoms with van der Waals surface area (Å²) in [5.74, 6) is -8.50. The van der Waals surface area contributed by atoms with Gasteiger partial charge in [-0.2, -0.15) is 22.0 Å². The van der Waals surface area contributed by atoms with E-state index in [9.17, 15) is 40.3 Å². The molecule has 0 aliphatic rings. The highest BCUT2D eigenvalue weighted by Gasteiger charge is 2.56. The first-order chi connectivity index (χ1) is 13.4. The van der Waals surface area contributed by atoms with E-state index in [4.69, 9.17) is 0 Å². The van der Waals surface area contributed by atoms with Gasteiger partial charge >= 0.3 is 18.1 Å². The van der Waals surface area contributed by atoms with Crippen molar-refractivity contribution in [1.82, 2.24) is 5.32 Å². The van der Waals surface area contributed by atoms with Gasteiger partial charge in [0.1, 0.15) is 17.2 Å². The SMILES string of the molecule is O=C(NC(=O)c1c(F)cccc1F)Nc1ccc(CCC(F)(F)C(F)(F)F)cc1. The summed E-state index contributed by atoms with van der Waals surface area (Å²) in [6, 6.07) is 6.39. The van der Waals surface area contributed by atoms with Crippen LogP contribution in [0.3, 0.4) is 0 Å². The number of hydrogen-bond acceptors (Lipinski definition) is 2. The number of anilines is 1. The second-order valence-electron chi connectivity index (χ2n) is 5.90. The van der Waals surface area contributed by atoms with E-state index >= 15 is 0 Å². The fourth-order valence-corrected chi connectivity index (χ4v) is 2.24. The lowest BCUT2D eigenvalue weighted by Gasteiger charge is -2.19. The lowest BCUT2D eigenvalue weighted by molar-refractivity contribution is -0.284. The van der Waals surface area contributed by atoms with E-state index in [1.165, 1.54) is 24.3 Å². The molecular formula is C18H13F7N2O2. The van der Waals surface area contributed by atoms with E-state index in [1.54, 1.807) is 5.32 Å². The molecule has 29 heavy (non-hydrogen) atoms. The molecule has 0 saturated heterocycles. The lowest BCUT2D eigenvalue weighted by atomic mass is 10.1. The van der Waals surface area contributed by atoms with Gasteiger partial charge in [-0.15, -0.1) is 0 Å². The molecule has 0 bridgehead atoms. The number of carbonyl (C=O) groups is 2. The normalized spacial score (nSPS) is 11.8. The molecule has 0 fully saturated rings. The summed E-state index contributed by atoms with van der Waals surface area (Å²) >= 11 is 0. The number of benzene rings is 2. The summed E-state index contributed by atoms with van der Waals surface area (Å²) in [4.78, 5) is 23.5. The van der Waals surface area contributed by atoms with Gasteiger partial charge < -0.3 is 5.32 Å². The predicted octanol–water partition coefficient (Wildman–Crippen LogP) is 5.06. The molecule has 0 atom stereocenters. The summed E-state index contributed by atoms with van der Waals surface area (Å²) in [7, 11) is 0. The molecule has 156 valence electrons. The number of aryl methyl sites for hydroxylation is 1. The molecule has 2 aromatic rings. The number of urea groups is 1. The fraction of sp³-hybridized carbons (Fsp3) is 0.222. The molecule has 0 aliphatic heterocycles. The molecular weight excluding hydrogens is 409 g/mol. The first kappa shape index (κ1) is 22.2. The number of alkyl halides is 5. The van der Waals surface area contributed by atoms with Crippen molar-refractivity contribution in [2.45, 2.75) is 24.9 Å². The standard InChI is InChI=1S/C18H13F7N2O2/c19-12-2-1-3-13(20)14(12)15(28)27-16(29)26-11-6-4-10(5-7-11)8-9-17(21,22)18(23,24)25/h1-7H,8-9H2,(H2,26,27,28,29). The van der Waals surface area contributed by atoms with Crippen LogP contribution in [0, 0.1) is 11.6 Å². The van der Waals surface area contributed by atoms with E-state index < -0.39 is 54.1 Å². The average Bonchev–Trinajstić information content (AvgIpc) is 2.60. The van der Waals surface area contributed by atoms with E-state index in [0.29, 0.717) is 0 Å². The molecule has 0 aliphatic carbocycles. The van der Waals surface area contributed by atoms with Crippen LogP contribution in [0.4, 0.5) is 41.2 Å². The highest BCUT2D eigenvalue weighted by molar-refractivity contribution is 6.08. The van der Waals surface area contributed by atoms with Gasteiger partial charge in [-0.25, -0.2) is 13.6 Å². The molecule has 2 N–H and O–H groups in total. The van der Waals surface area contributed by atoms with Crippen molar-refractivity contribution in [1.29, 1.82) is 0 Å². The minimum Gasteiger partial charge on any atom is -0.308 e. The largest absolute Gasteiger partial charge is 0.453 e. The van der Waals surface area contributed by atoms with Crippen LogP contribution in [0.1, 0.15) is 22.3 Å². The van der Waals surface area contributed by atoms with Crippen molar-refractivity contribution in [3.05, 3.63) is 65.2 Å². The summed E-state index contributed by atoms with van der Waals surface area (Å²) in [6.45, 7) is 0. The van der Waals surface area contributed by atoms with Crippen LogP contribution in [0.25, 0.3) is 0 Å². The molecule has 0 aromatic heterocycles. The van der Waals surface area contributed by atoms with Gasteiger partial charge in [0.05, 0.1) is 0 Å². The van der Waals surface area contributed by atoms with Gasteiger partial charge in [0.15, 0.2) is 0 Å². The fourth-order valence-electron chi connectivity index (χ4n) is 2.24. The predicted molar refractivity (Wildman–Crippen MR) is 88.6 cm³/mol. The average molecular weight is 422 g/mol. The first-order valence-electron chi connectivity index (χ1n) is 8.00. The molecule has 2 aromatic carbocycles. The molecule has 0 unspecified atom stereocenters. The third-order valence-electron chi connectivity index (χ3n) is 3.77. The number of nitrogens with one attached hydrogen (secondary N) is 2. The van der Waals surface area contributed by atoms with Gasteiger partial charge in [-0.3, -0.25) is 10.1 Å². The van der Waals surface area contributed by atoms with Crippen LogP contribution in [-0.4, -0.2) is 24.0 Å². The molecule has 0 radical (unpaired) electrons. The van der Waals surface area contributed by atoms with Crippen LogP contribution in [0.15, 0.2) is 42.5 Å². The van der Waals surface area contributed by atoms with Gasteiger partial charge in [0.2, 0.25) is 0 Å². The Hall–Kier alpha value is -3.11. The van der Waals surface area contributed by atoms with Crippen molar-refractivity contribution in [3.63, 3.8) is 0 Å². The third-order valence-corrected chi connectivity index (χ3v) is 3.77. The summed E-state index contributed by atoms with van der Waals surface area (Å²) < 4.78 is 89.2. The van der Waals surface area contributed by atoms with Gasteiger partial charge in [-0.1, -0.05) is 18.2 Å².